The van der Waals surface area contributed by atoms with Gasteiger partial charge in [-0.2, -0.15) is 4.98 Å². The Morgan fingerprint density at radius 3 is 2.52 bits per heavy atom. The van der Waals surface area contributed by atoms with Gasteiger partial charge < -0.3 is 15.4 Å². The van der Waals surface area contributed by atoms with Gasteiger partial charge in [-0.15, -0.1) is 0 Å². The number of para-hydroxylation sites is 3. The molecule has 0 radical (unpaired) electrons. The van der Waals surface area contributed by atoms with Crippen LogP contribution >= 0.6 is 0 Å². The molecule has 0 fully saturated rings. The third kappa shape index (κ3) is 4.70. The number of hydrogen-bond acceptors (Lipinski definition) is 5. The zero-order valence-electron chi connectivity index (χ0n) is 14.5. The maximum absolute atomic E-state index is 5.99. The average Bonchev–Trinajstić information content (AvgIpc) is 2.62. The lowest BCUT2D eigenvalue weighted by Crippen LogP contribution is -2.07. The van der Waals surface area contributed by atoms with Gasteiger partial charge in [-0.05, 0) is 37.6 Å². The first-order valence-electron chi connectivity index (χ1n) is 8.43. The maximum Gasteiger partial charge on any atom is 0.224 e. The molecule has 0 bridgehead atoms. The van der Waals surface area contributed by atoms with E-state index in [1.807, 2.05) is 67.6 Å². The van der Waals surface area contributed by atoms with Crippen LogP contribution in [0, 0.1) is 6.92 Å². The van der Waals surface area contributed by atoms with E-state index in [0.717, 1.165) is 41.7 Å². The number of benzene rings is 2. The summed E-state index contributed by atoms with van der Waals surface area (Å²) in [7, 11) is 0. The van der Waals surface area contributed by atoms with Gasteiger partial charge in [0.05, 0.1) is 5.69 Å². The van der Waals surface area contributed by atoms with E-state index >= 15 is 0 Å². The zero-order valence-corrected chi connectivity index (χ0v) is 14.5. The van der Waals surface area contributed by atoms with Gasteiger partial charge in [-0.3, -0.25) is 0 Å². The molecular formula is C20H22N4O. The minimum atomic E-state index is 0.630. The molecule has 25 heavy (non-hydrogen) atoms. The van der Waals surface area contributed by atoms with Crippen molar-refractivity contribution < 1.29 is 4.74 Å². The fraction of sp³-hybridized carbons (Fsp3) is 0.200. The molecule has 0 atom stereocenters. The number of nitrogens with one attached hydrogen (secondary N) is 2. The SMILES string of the molecule is CCCNc1nc(C)cc(Nc2ccccc2Oc2ccccc2)n1. The van der Waals surface area contributed by atoms with E-state index in [4.69, 9.17) is 4.74 Å². The number of ether oxygens (including phenoxy) is 1. The van der Waals surface area contributed by atoms with Gasteiger partial charge in [0.1, 0.15) is 11.6 Å². The van der Waals surface area contributed by atoms with Gasteiger partial charge in [0.15, 0.2) is 5.75 Å². The topological polar surface area (TPSA) is 59.1 Å². The molecule has 2 aromatic carbocycles. The third-order valence-corrected chi connectivity index (χ3v) is 3.51. The molecular weight excluding hydrogens is 312 g/mol. The van der Waals surface area contributed by atoms with Gasteiger partial charge in [-0.25, -0.2) is 4.98 Å². The highest BCUT2D eigenvalue weighted by molar-refractivity contribution is 5.65. The van der Waals surface area contributed by atoms with Crippen molar-refractivity contribution in [2.75, 3.05) is 17.2 Å². The van der Waals surface area contributed by atoms with Crippen molar-refractivity contribution in [2.24, 2.45) is 0 Å². The molecule has 0 aliphatic carbocycles. The monoisotopic (exact) mass is 334 g/mol. The van der Waals surface area contributed by atoms with E-state index in [1.165, 1.54) is 0 Å². The minimum Gasteiger partial charge on any atom is -0.455 e. The average molecular weight is 334 g/mol. The summed E-state index contributed by atoms with van der Waals surface area (Å²) < 4.78 is 5.99. The van der Waals surface area contributed by atoms with Crippen LogP contribution in [-0.2, 0) is 0 Å². The summed E-state index contributed by atoms with van der Waals surface area (Å²) in [6.07, 6.45) is 1.02. The number of anilines is 3. The Bertz CT molecular complexity index is 821. The van der Waals surface area contributed by atoms with Crippen molar-refractivity contribution in [2.45, 2.75) is 20.3 Å². The summed E-state index contributed by atoms with van der Waals surface area (Å²) in [5.41, 5.74) is 1.75. The largest absolute Gasteiger partial charge is 0.455 e. The highest BCUT2D eigenvalue weighted by atomic mass is 16.5. The van der Waals surface area contributed by atoms with E-state index in [1.54, 1.807) is 0 Å². The van der Waals surface area contributed by atoms with Crippen molar-refractivity contribution in [3.8, 4) is 11.5 Å². The summed E-state index contributed by atoms with van der Waals surface area (Å²) in [6.45, 7) is 4.91. The second-order valence-electron chi connectivity index (χ2n) is 5.68. The molecule has 0 saturated heterocycles. The Labute approximate surface area is 148 Å². The molecule has 2 N–H and O–H groups in total. The predicted molar refractivity (Wildman–Crippen MR) is 102 cm³/mol. The van der Waals surface area contributed by atoms with E-state index in [2.05, 4.69) is 27.5 Å². The standard InChI is InChI=1S/C20H22N4O/c1-3-13-21-20-22-15(2)14-19(24-20)23-17-11-7-8-12-18(17)25-16-9-5-4-6-10-16/h4-12,14H,3,13H2,1-2H3,(H2,21,22,23,24). The van der Waals surface area contributed by atoms with Gasteiger partial charge in [0.2, 0.25) is 5.95 Å². The smallest absolute Gasteiger partial charge is 0.224 e. The number of aryl methyl sites for hydroxylation is 1. The van der Waals surface area contributed by atoms with E-state index in [9.17, 15) is 0 Å². The second-order valence-corrected chi connectivity index (χ2v) is 5.68. The van der Waals surface area contributed by atoms with Gasteiger partial charge in [-0.1, -0.05) is 37.3 Å². The van der Waals surface area contributed by atoms with Crippen molar-refractivity contribution in [3.05, 3.63) is 66.4 Å². The van der Waals surface area contributed by atoms with E-state index in [-0.39, 0.29) is 0 Å². The Morgan fingerprint density at radius 2 is 1.72 bits per heavy atom. The molecule has 0 aliphatic rings. The molecule has 5 nitrogen and oxygen atoms in total. The van der Waals surface area contributed by atoms with Crippen LogP contribution in [-0.4, -0.2) is 16.5 Å². The highest BCUT2D eigenvalue weighted by Gasteiger charge is 2.07. The second kappa shape index (κ2) is 8.15. The van der Waals surface area contributed by atoms with Crippen LogP contribution in [0.3, 0.4) is 0 Å². The molecule has 0 saturated carbocycles. The number of hydrogen-bond donors (Lipinski definition) is 2. The first-order chi connectivity index (χ1) is 12.2. The maximum atomic E-state index is 5.99. The van der Waals surface area contributed by atoms with Crippen LogP contribution < -0.4 is 15.4 Å². The first kappa shape index (κ1) is 16.8. The Kier molecular flexibility index (Phi) is 5.46. The lowest BCUT2D eigenvalue weighted by Gasteiger charge is -2.13. The highest BCUT2D eigenvalue weighted by Crippen LogP contribution is 2.31. The Morgan fingerprint density at radius 1 is 0.960 bits per heavy atom. The molecule has 128 valence electrons. The van der Waals surface area contributed by atoms with Crippen LogP contribution in [0.5, 0.6) is 11.5 Å². The van der Waals surface area contributed by atoms with Crippen LogP contribution in [0.25, 0.3) is 0 Å². The predicted octanol–water partition coefficient (Wildman–Crippen LogP) is 5.14. The third-order valence-electron chi connectivity index (χ3n) is 3.51. The fourth-order valence-electron chi connectivity index (χ4n) is 2.36. The minimum absolute atomic E-state index is 0.630. The van der Waals surface area contributed by atoms with E-state index < -0.39 is 0 Å². The number of rotatable bonds is 7. The molecule has 3 aromatic rings. The van der Waals surface area contributed by atoms with Crippen molar-refractivity contribution in [1.29, 1.82) is 0 Å². The molecule has 1 aromatic heterocycles. The van der Waals surface area contributed by atoms with E-state index in [0.29, 0.717) is 5.95 Å². The Hall–Kier alpha value is -3.08. The lowest BCUT2D eigenvalue weighted by atomic mass is 10.2. The summed E-state index contributed by atoms with van der Waals surface area (Å²) >= 11 is 0. The molecule has 0 unspecified atom stereocenters. The van der Waals surface area contributed by atoms with Crippen molar-refractivity contribution in [3.63, 3.8) is 0 Å². The summed E-state index contributed by atoms with van der Waals surface area (Å²) in [5.74, 6) is 2.90. The summed E-state index contributed by atoms with van der Waals surface area (Å²) in [4.78, 5) is 8.94. The van der Waals surface area contributed by atoms with Crippen LogP contribution in [0.4, 0.5) is 17.5 Å². The summed E-state index contributed by atoms with van der Waals surface area (Å²) in [5, 5.41) is 6.56. The lowest BCUT2D eigenvalue weighted by molar-refractivity contribution is 0.485. The van der Waals surface area contributed by atoms with Gasteiger partial charge in [0.25, 0.3) is 0 Å². The molecule has 0 spiro atoms. The van der Waals surface area contributed by atoms with Gasteiger partial charge >= 0.3 is 0 Å². The Balaban J connectivity index is 1.82. The van der Waals surface area contributed by atoms with Crippen molar-refractivity contribution >= 4 is 17.5 Å². The zero-order chi connectivity index (χ0) is 17.5. The van der Waals surface area contributed by atoms with Gasteiger partial charge in [0, 0.05) is 18.3 Å². The molecule has 0 aliphatic heterocycles. The number of nitrogens with zero attached hydrogens (tertiary/aromatic N) is 2. The molecule has 3 rings (SSSR count). The normalized spacial score (nSPS) is 10.3. The fourth-order valence-corrected chi connectivity index (χ4v) is 2.36. The molecule has 1 heterocycles. The van der Waals surface area contributed by atoms with Crippen molar-refractivity contribution in [1.82, 2.24) is 9.97 Å². The van der Waals surface area contributed by atoms with Crippen LogP contribution in [0.2, 0.25) is 0 Å². The molecule has 5 heteroatoms. The quantitative estimate of drug-likeness (QED) is 0.626. The number of aromatic nitrogens is 2. The molecule has 0 amide bonds. The van der Waals surface area contributed by atoms with Crippen LogP contribution in [0.1, 0.15) is 19.0 Å². The summed E-state index contributed by atoms with van der Waals surface area (Å²) in [6, 6.07) is 19.4. The van der Waals surface area contributed by atoms with Crippen LogP contribution in [0.15, 0.2) is 60.7 Å². The first-order valence-corrected chi connectivity index (χ1v) is 8.43.